The summed E-state index contributed by atoms with van der Waals surface area (Å²) in [4.78, 5) is 31.5. The standard InChI is InChI=1S/C41H52N6O4S/c1-27-9-7-10-28(2)37(27)33-20-36-43-39(42-33)44-52(49,50)32-12-8-11-29(19-32)38(48)47(31-23-41(24-31)15-17-45(3)18-16-41)34-25-46(26-35(34)51-36)30-21-40(22-30)13-5-4-6-14-40/h7-12,19-20,30-31,34-35H,4-6,13-18,21-26H2,1-3H3,(H,42,43,44)/t34-,35-/m1/s1. The van der Waals surface area contributed by atoms with Crippen LogP contribution in [0.4, 0.5) is 5.95 Å². The average Bonchev–Trinajstić information content (AvgIpc) is 3.49. The van der Waals surface area contributed by atoms with E-state index in [2.05, 4.69) is 26.5 Å². The minimum Gasteiger partial charge on any atom is -0.471 e. The third-order valence-electron chi connectivity index (χ3n) is 13.7. The van der Waals surface area contributed by atoms with Gasteiger partial charge >= 0.3 is 0 Å². The lowest BCUT2D eigenvalue weighted by atomic mass is 9.58. The maximum absolute atomic E-state index is 14.9. The smallest absolute Gasteiger partial charge is 0.264 e. The Morgan fingerprint density at radius 3 is 2.23 bits per heavy atom. The molecule has 10 nitrogen and oxygen atoms in total. The second-order valence-electron chi connectivity index (χ2n) is 17.2. The number of ether oxygens (including phenoxy) is 1. The third kappa shape index (κ3) is 6.10. The molecule has 2 spiro atoms. The number of carbonyl (C=O) groups excluding carboxylic acids is 1. The molecule has 4 heterocycles. The van der Waals surface area contributed by atoms with Gasteiger partial charge in [0.1, 0.15) is 6.10 Å². The van der Waals surface area contributed by atoms with Crippen LogP contribution in [0.15, 0.2) is 53.4 Å². The Morgan fingerprint density at radius 1 is 0.827 bits per heavy atom. The maximum atomic E-state index is 14.9. The zero-order valence-electron chi connectivity index (χ0n) is 30.8. The third-order valence-corrected chi connectivity index (χ3v) is 15.1. The highest BCUT2D eigenvalue weighted by molar-refractivity contribution is 7.92. The number of fused-ring (bicyclic) bond motifs is 5. The number of likely N-dealkylation sites (tertiary alicyclic amines) is 2. The summed E-state index contributed by atoms with van der Waals surface area (Å²) in [5, 5.41) is 0. The Bertz CT molecular complexity index is 1950. The van der Waals surface area contributed by atoms with E-state index >= 15 is 0 Å². The Balaban J connectivity index is 1.13. The number of piperidine rings is 1. The van der Waals surface area contributed by atoms with E-state index in [0.29, 0.717) is 35.1 Å². The van der Waals surface area contributed by atoms with Crippen molar-refractivity contribution in [2.75, 3.05) is 37.9 Å². The lowest BCUT2D eigenvalue weighted by molar-refractivity contribution is -0.0523. The van der Waals surface area contributed by atoms with Crippen LogP contribution in [0.3, 0.4) is 0 Å². The van der Waals surface area contributed by atoms with E-state index in [-0.39, 0.29) is 40.4 Å². The van der Waals surface area contributed by atoms with E-state index in [1.165, 1.54) is 57.1 Å². The zero-order valence-corrected chi connectivity index (χ0v) is 31.6. The molecule has 3 aromatic rings. The van der Waals surface area contributed by atoms with Crippen molar-refractivity contribution >= 4 is 21.9 Å². The van der Waals surface area contributed by atoms with Gasteiger partial charge < -0.3 is 14.5 Å². The van der Waals surface area contributed by atoms with Crippen LogP contribution in [0, 0.1) is 24.7 Å². The molecule has 5 fully saturated rings. The first-order chi connectivity index (χ1) is 25.0. The van der Waals surface area contributed by atoms with Gasteiger partial charge in [0, 0.05) is 42.4 Å². The minimum atomic E-state index is -4.12. The van der Waals surface area contributed by atoms with Crippen LogP contribution in [0.5, 0.6) is 5.88 Å². The van der Waals surface area contributed by atoms with Crippen molar-refractivity contribution in [3.05, 3.63) is 65.2 Å². The van der Waals surface area contributed by atoms with Gasteiger partial charge in [-0.1, -0.05) is 43.5 Å². The van der Waals surface area contributed by atoms with Gasteiger partial charge in [-0.25, -0.2) is 18.1 Å². The molecule has 52 heavy (non-hydrogen) atoms. The SMILES string of the molecule is Cc1cccc(C)c1-c1cc2nc(n1)NS(=O)(=O)c1cccc(c1)C(=O)N(C1CC3(CCN(C)CC3)C1)[C@@H]1CN(C3CC4(CCCCC4)C3)C[C@H]1O2. The molecule has 1 aromatic heterocycles. The molecule has 11 heteroatoms. The van der Waals surface area contributed by atoms with Gasteiger partial charge in [-0.15, -0.1) is 0 Å². The number of benzene rings is 2. The van der Waals surface area contributed by atoms with Gasteiger partial charge in [-0.05, 0) is 126 Å². The van der Waals surface area contributed by atoms with E-state index < -0.39 is 10.0 Å². The maximum Gasteiger partial charge on any atom is 0.264 e. The minimum absolute atomic E-state index is 0.0123. The van der Waals surface area contributed by atoms with Gasteiger partial charge in [-0.3, -0.25) is 9.69 Å². The molecule has 3 aliphatic carbocycles. The molecule has 2 aromatic carbocycles. The molecule has 3 saturated carbocycles. The molecule has 276 valence electrons. The Labute approximate surface area is 308 Å². The largest absolute Gasteiger partial charge is 0.471 e. The predicted molar refractivity (Wildman–Crippen MR) is 201 cm³/mol. The molecule has 2 atom stereocenters. The summed E-state index contributed by atoms with van der Waals surface area (Å²) in [6.45, 7) is 7.66. The molecule has 4 bridgehead atoms. The van der Waals surface area contributed by atoms with Gasteiger partial charge in [-0.2, -0.15) is 4.98 Å². The number of carbonyl (C=O) groups is 1. The molecule has 3 aliphatic heterocycles. The van der Waals surface area contributed by atoms with E-state index in [1.54, 1.807) is 12.1 Å². The Hall–Kier alpha value is -3.54. The summed E-state index contributed by atoms with van der Waals surface area (Å²) < 4.78 is 37.4. The van der Waals surface area contributed by atoms with Crippen molar-refractivity contribution in [3.63, 3.8) is 0 Å². The summed E-state index contributed by atoms with van der Waals surface area (Å²) in [5.41, 5.74) is 4.71. The molecule has 6 aliphatic rings. The Morgan fingerprint density at radius 2 is 1.50 bits per heavy atom. The number of nitrogens with one attached hydrogen (secondary N) is 1. The van der Waals surface area contributed by atoms with Crippen molar-refractivity contribution in [1.29, 1.82) is 0 Å². The van der Waals surface area contributed by atoms with Gasteiger partial charge in [0.2, 0.25) is 11.8 Å². The van der Waals surface area contributed by atoms with Crippen molar-refractivity contribution in [1.82, 2.24) is 24.7 Å². The summed E-state index contributed by atoms with van der Waals surface area (Å²) in [6.07, 6.45) is 13.0. The molecular formula is C41H52N6O4S. The van der Waals surface area contributed by atoms with E-state index in [9.17, 15) is 13.2 Å². The molecular weight excluding hydrogens is 673 g/mol. The van der Waals surface area contributed by atoms with Gasteiger partial charge in [0.25, 0.3) is 15.9 Å². The fourth-order valence-corrected chi connectivity index (χ4v) is 11.7. The topological polar surface area (TPSA) is 108 Å². The summed E-state index contributed by atoms with van der Waals surface area (Å²) in [7, 11) is -1.93. The van der Waals surface area contributed by atoms with Crippen LogP contribution in [0.2, 0.25) is 0 Å². The molecule has 2 saturated heterocycles. The van der Waals surface area contributed by atoms with Crippen molar-refractivity contribution in [2.24, 2.45) is 10.8 Å². The van der Waals surface area contributed by atoms with Gasteiger partial charge in [0.15, 0.2) is 0 Å². The summed E-state index contributed by atoms with van der Waals surface area (Å²) in [6, 6.07) is 14.7. The lowest BCUT2D eigenvalue weighted by Gasteiger charge is -2.56. The molecule has 1 amide bonds. The number of sulfonamides is 1. The van der Waals surface area contributed by atoms with Crippen molar-refractivity contribution in [3.8, 4) is 17.1 Å². The number of aryl methyl sites for hydroxylation is 2. The van der Waals surface area contributed by atoms with E-state index in [4.69, 9.17) is 14.7 Å². The fraction of sp³-hybridized carbons (Fsp3) is 0.585. The number of rotatable bonds is 3. The van der Waals surface area contributed by atoms with E-state index in [1.807, 2.05) is 38.1 Å². The monoisotopic (exact) mass is 724 g/mol. The van der Waals surface area contributed by atoms with Crippen molar-refractivity contribution in [2.45, 2.75) is 114 Å². The second-order valence-corrected chi connectivity index (χ2v) is 18.9. The quantitative estimate of drug-likeness (QED) is 0.329. The van der Waals surface area contributed by atoms with Crippen molar-refractivity contribution < 1.29 is 17.9 Å². The second kappa shape index (κ2) is 12.8. The first kappa shape index (κ1) is 34.2. The van der Waals surface area contributed by atoms with E-state index in [0.717, 1.165) is 62.0 Å². The summed E-state index contributed by atoms with van der Waals surface area (Å²) in [5.74, 6) is 0.157. The van der Waals surface area contributed by atoms with Crippen LogP contribution in [0.1, 0.15) is 92.1 Å². The number of amides is 1. The highest BCUT2D eigenvalue weighted by Gasteiger charge is 2.55. The average molecular weight is 725 g/mol. The lowest BCUT2D eigenvalue weighted by Crippen LogP contribution is -2.61. The predicted octanol–water partition coefficient (Wildman–Crippen LogP) is 6.44. The molecule has 1 N–H and O–H groups in total. The molecule has 0 unspecified atom stereocenters. The van der Waals surface area contributed by atoms with Crippen LogP contribution < -0.4 is 9.46 Å². The van der Waals surface area contributed by atoms with Gasteiger partial charge in [0.05, 0.1) is 16.6 Å². The number of anilines is 1. The first-order valence-electron chi connectivity index (χ1n) is 19.5. The van der Waals surface area contributed by atoms with Crippen LogP contribution in [-0.2, 0) is 10.0 Å². The highest BCUT2D eigenvalue weighted by atomic mass is 32.2. The van der Waals surface area contributed by atoms with Crippen LogP contribution in [-0.4, -0.2) is 96.4 Å². The number of hydrogen-bond acceptors (Lipinski definition) is 8. The number of hydrogen-bond donors (Lipinski definition) is 1. The molecule has 0 radical (unpaired) electrons. The first-order valence-corrected chi connectivity index (χ1v) is 21.0. The summed E-state index contributed by atoms with van der Waals surface area (Å²) >= 11 is 0. The molecule has 9 rings (SSSR count). The number of aromatic nitrogens is 2. The Kier molecular flexibility index (Phi) is 8.43. The fourth-order valence-electron chi connectivity index (χ4n) is 10.8. The van der Waals surface area contributed by atoms with Crippen LogP contribution in [0.25, 0.3) is 11.3 Å². The van der Waals surface area contributed by atoms with Crippen LogP contribution >= 0.6 is 0 Å². The normalized spacial score (nSPS) is 28.4. The number of nitrogens with zero attached hydrogens (tertiary/aromatic N) is 5. The zero-order chi connectivity index (χ0) is 35.8. The highest BCUT2D eigenvalue weighted by Crippen LogP contribution is 2.55.